The first-order valence-electron chi connectivity index (χ1n) is 6.26. The van der Waals surface area contributed by atoms with E-state index in [1.807, 2.05) is 0 Å². The molecule has 0 heterocycles. The summed E-state index contributed by atoms with van der Waals surface area (Å²) in [5.41, 5.74) is 0. The quantitative estimate of drug-likeness (QED) is 0.650. The molecule has 1 fully saturated rings. The Balaban J connectivity index is 2.15. The van der Waals surface area contributed by atoms with Crippen LogP contribution in [0.2, 0.25) is 0 Å². The number of carbonyl (C=O) groups excluding carboxylic acids is 1. The lowest BCUT2D eigenvalue weighted by atomic mass is 9.84. The van der Waals surface area contributed by atoms with Gasteiger partial charge in [0.25, 0.3) is 0 Å². The summed E-state index contributed by atoms with van der Waals surface area (Å²) < 4.78 is 0. The molecule has 1 saturated carbocycles. The normalized spacial score (nSPS) is 20.7. The molecule has 0 aromatic heterocycles. The van der Waals surface area contributed by atoms with Crippen LogP contribution in [0.1, 0.15) is 65.2 Å². The molecule has 1 heteroatoms. The monoisotopic (exact) mass is 196 g/mol. The first-order chi connectivity index (χ1) is 6.74. The lowest BCUT2D eigenvalue weighted by Crippen LogP contribution is -2.13. The lowest BCUT2D eigenvalue weighted by molar-refractivity contribution is -0.122. The van der Waals surface area contributed by atoms with E-state index in [2.05, 4.69) is 13.8 Å². The van der Waals surface area contributed by atoms with Crippen molar-refractivity contribution < 1.29 is 4.79 Å². The largest absolute Gasteiger partial charge is 0.299 e. The Labute approximate surface area is 88.3 Å². The van der Waals surface area contributed by atoms with E-state index < -0.39 is 0 Å². The third-order valence-electron chi connectivity index (χ3n) is 3.69. The van der Waals surface area contributed by atoms with Gasteiger partial charge in [-0.15, -0.1) is 0 Å². The van der Waals surface area contributed by atoms with Crippen molar-refractivity contribution in [2.75, 3.05) is 0 Å². The van der Waals surface area contributed by atoms with Gasteiger partial charge in [0.1, 0.15) is 5.78 Å². The highest BCUT2D eigenvalue weighted by Crippen LogP contribution is 2.27. The third kappa shape index (κ3) is 3.81. The maximum Gasteiger partial charge on any atom is 0.135 e. The number of ketones is 1. The van der Waals surface area contributed by atoms with Crippen LogP contribution < -0.4 is 0 Å². The predicted octanol–water partition coefficient (Wildman–Crippen LogP) is 3.96. The predicted molar refractivity (Wildman–Crippen MR) is 60.3 cm³/mol. The molecule has 1 aliphatic carbocycles. The summed E-state index contributed by atoms with van der Waals surface area (Å²) in [7, 11) is 0. The zero-order valence-electron chi connectivity index (χ0n) is 9.72. The van der Waals surface area contributed by atoms with Crippen molar-refractivity contribution in [3.63, 3.8) is 0 Å². The molecular weight excluding hydrogens is 172 g/mol. The molecule has 0 saturated heterocycles. The smallest absolute Gasteiger partial charge is 0.135 e. The van der Waals surface area contributed by atoms with E-state index in [0.29, 0.717) is 11.7 Å². The molecule has 0 spiro atoms. The summed E-state index contributed by atoms with van der Waals surface area (Å²) in [6.45, 7) is 4.16. The highest BCUT2D eigenvalue weighted by molar-refractivity contribution is 5.80. The van der Waals surface area contributed by atoms with Gasteiger partial charge in [-0.2, -0.15) is 0 Å². The van der Waals surface area contributed by atoms with Crippen LogP contribution in [0, 0.1) is 11.8 Å². The highest BCUT2D eigenvalue weighted by atomic mass is 16.1. The van der Waals surface area contributed by atoms with Crippen LogP contribution in [-0.4, -0.2) is 5.78 Å². The van der Waals surface area contributed by atoms with E-state index in [9.17, 15) is 4.79 Å². The second-order valence-corrected chi connectivity index (χ2v) is 4.82. The van der Waals surface area contributed by atoms with Gasteiger partial charge in [-0.3, -0.25) is 4.79 Å². The summed E-state index contributed by atoms with van der Waals surface area (Å²) in [4.78, 5) is 11.6. The van der Waals surface area contributed by atoms with Gasteiger partial charge >= 0.3 is 0 Å². The topological polar surface area (TPSA) is 17.1 Å². The van der Waals surface area contributed by atoms with Crippen LogP contribution in [0.3, 0.4) is 0 Å². The van der Waals surface area contributed by atoms with Gasteiger partial charge in [-0.1, -0.05) is 46.0 Å². The second kappa shape index (κ2) is 6.21. The molecule has 14 heavy (non-hydrogen) atoms. The molecule has 1 unspecified atom stereocenters. The van der Waals surface area contributed by atoms with Crippen molar-refractivity contribution in [2.45, 2.75) is 65.2 Å². The average molecular weight is 196 g/mol. The Bertz CT molecular complexity index is 168. The Hall–Kier alpha value is -0.330. The van der Waals surface area contributed by atoms with Crippen molar-refractivity contribution in [1.29, 1.82) is 0 Å². The Kier molecular flexibility index (Phi) is 5.21. The summed E-state index contributed by atoms with van der Waals surface area (Å²) in [6, 6.07) is 0. The average Bonchev–Trinajstić information content (AvgIpc) is 2.26. The van der Waals surface area contributed by atoms with Gasteiger partial charge in [0.05, 0.1) is 0 Å². The van der Waals surface area contributed by atoms with Crippen LogP contribution in [0.5, 0.6) is 0 Å². The lowest BCUT2D eigenvalue weighted by Gasteiger charge is -2.21. The maximum atomic E-state index is 11.6. The van der Waals surface area contributed by atoms with E-state index in [4.69, 9.17) is 0 Å². The van der Waals surface area contributed by atoms with Crippen molar-refractivity contribution in [3.05, 3.63) is 0 Å². The summed E-state index contributed by atoms with van der Waals surface area (Å²) in [5.74, 6) is 1.63. The minimum absolute atomic E-state index is 0.290. The molecule has 82 valence electrons. The fraction of sp³-hybridized carbons (Fsp3) is 0.923. The van der Waals surface area contributed by atoms with Crippen LogP contribution in [0.25, 0.3) is 0 Å². The van der Waals surface area contributed by atoms with Gasteiger partial charge in [0.15, 0.2) is 0 Å². The first kappa shape index (κ1) is 11.7. The fourth-order valence-corrected chi connectivity index (χ4v) is 2.30. The molecule has 1 aliphatic rings. The van der Waals surface area contributed by atoms with Gasteiger partial charge < -0.3 is 0 Å². The number of carbonyl (C=O) groups is 1. The Morgan fingerprint density at radius 1 is 1.29 bits per heavy atom. The van der Waals surface area contributed by atoms with E-state index in [1.54, 1.807) is 0 Å². The summed E-state index contributed by atoms with van der Waals surface area (Å²) in [5, 5.41) is 0. The van der Waals surface area contributed by atoms with Gasteiger partial charge in [-0.25, -0.2) is 0 Å². The molecule has 1 nitrogen and oxygen atoms in total. The zero-order chi connectivity index (χ0) is 10.4. The van der Waals surface area contributed by atoms with Crippen molar-refractivity contribution in [3.8, 4) is 0 Å². The van der Waals surface area contributed by atoms with E-state index >= 15 is 0 Å². The minimum Gasteiger partial charge on any atom is -0.299 e. The van der Waals surface area contributed by atoms with Crippen LogP contribution in [0.4, 0.5) is 0 Å². The standard InChI is InChI=1S/C13H24O/c1-3-11(2)13(14)10-9-12-7-5-4-6-8-12/h11-12H,3-10H2,1-2H3. The molecule has 0 bridgehead atoms. The molecule has 1 rings (SSSR count). The molecule has 0 aliphatic heterocycles. The second-order valence-electron chi connectivity index (χ2n) is 4.82. The Morgan fingerprint density at radius 2 is 1.93 bits per heavy atom. The molecular formula is C13H24O. The van der Waals surface area contributed by atoms with Gasteiger partial charge in [0, 0.05) is 12.3 Å². The SMILES string of the molecule is CCC(C)C(=O)CCC1CCCCC1. The minimum atomic E-state index is 0.290. The van der Waals surface area contributed by atoms with Crippen LogP contribution in [0.15, 0.2) is 0 Å². The molecule has 0 N–H and O–H groups in total. The molecule has 1 atom stereocenters. The zero-order valence-corrected chi connectivity index (χ0v) is 9.72. The van der Waals surface area contributed by atoms with Gasteiger partial charge in [-0.05, 0) is 18.8 Å². The van der Waals surface area contributed by atoms with Gasteiger partial charge in [0.2, 0.25) is 0 Å². The van der Waals surface area contributed by atoms with Crippen molar-refractivity contribution in [1.82, 2.24) is 0 Å². The molecule has 0 aromatic carbocycles. The van der Waals surface area contributed by atoms with Crippen molar-refractivity contribution >= 4 is 5.78 Å². The van der Waals surface area contributed by atoms with Crippen LogP contribution >= 0.6 is 0 Å². The maximum absolute atomic E-state index is 11.6. The van der Waals surface area contributed by atoms with E-state index in [0.717, 1.165) is 25.2 Å². The number of hydrogen-bond acceptors (Lipinski definition) is 1. The number of Topliss-reactive ketones (excluding diaryl/α,β-unsaturated/α-hetero) is 1. The van der Waals surface area contributed by atoms with Crippen molar-refractivity contribution in [2.24, 2.45) is 11.8 Å². The highest BCUT2D eigenvalue weighted by Gasteiger charge is 2.16. The fourth-order valence-electron chi connectivity index (χ4n) is 2.30. The number of hydrogen-bond donors (Lipinski definition) is 0. The molecule has 0 amide bonds. The number of rotatable bonds is 5. The summed E-state index contributed by atoms with van der Waals surface area (Å²) >= 11 is 0. The van der Waals surface area contributed by atoms with E-state index in [-0.39, 0.29) is 0 Å². The van der Waals surface area contributed by atoms with Crippen LogP contribution in [-0.2, 0) is 4.79 Å². The van der Waals surface area contributed by atoms with E-state index in [1.165, 1.54) is 32.1 Å². The molecule has 0 aromatic rings. The molecule has 0 radical (unpaired) electrons. The first-order valence-corrected chi connectivity index (χ1v) is 6.26. The third-order valence-corrected chi connectivity index (χ3v) is 3.69. The summed E-state index contributed by atoms with van der Waals surface area (Å²) in [6.07, 6.45) is 9.92. The Morgan fingerprint density at radius 3 is 2.50 bits per heavy atom.